The SMILES string of the molecule is CC(O)CCn1ncc2ncc(-c3ccc(F)c(C(F)F)c3)cc21. The summed E-state index contributed by atoms with van der Waals surface area (Å²) in [7, 11) is 0. The third-order valence-corrected chi connectivity index (χ3v) is 3.82. The number of halogens is 3. The Labute approximate surface area is 136 Å². The fraction of sp³-hybridized carbons (Fsp3) is 0.294. The molecule has 126 valence electrons. The number of hydrogen-bond donors (Lipinski definition) is 1. The van der Waals surface area contributed by atoms with E-state index in [4.69, 9.17) is 0 Å². The van der Waals surface area contributed by atoms with Crippen LogP contribution in [0.15, 0.2) is 36.7 Å². The van der Waals surface area contributed by atoms with E-state index in [0.717, 1.165) is 17.6 Å². The fourth-order valence-corrected chi connectivity index (χ4v) is 2.49. The molecule has 0 radical (unpaired) electrons. The molecule has 0 saturated carbocycles. The zero-order valence-corrected chi connectivity index (χ0v) is 13.0. The standard InChI is InChI=1S/C17H16F3N3O/c1-10(24)4-5-23-16-7-12(8-21-15(16)9-22-23)11-2-3-14(18)13(6-11)17(19)20/h2-3,6-10,17,24H,4-5H2,1H3. The number of aliphatic hydroxyl groups is 1. The van der Waals surface area contributed by atoms with Crippen molar-refractivity contribution in [1.82, 2.24) is 14.8 Å². The van der Waals surface area contributed by atoms with Gasteiger partial charge in [0.2, 0.25) is 0 Å². The number of pyridine rings is 1. The van der Waals surface area contributed by atoms with E-state index in [9.17, 15) is 18.3 Å². The summed E-state index contributed by atoms with van der Waals surface area (Å²) < 4.78 is 40.9. The molecule has 1 aromatic carbocycles. The summed E-state index contributed by atoms with van der Waals surface area (Å²) in [6, 6.07) is 5.39. The zero-order chi connectivity index (χ0) is 17.3. The maximum absolute atomic E-state index is 13.4. The summed E-state index contributed by atoms with van der Waals surface area (Å²) in [5, 5.41) is 13.6. The van der Waals surface area contributed by atoms with Crippen molar-refractivity contribution >= 4 is 11.0 Å². The largest absolute Gasteiger partial charge is 0.393 e. The first kappa shape index (κ1) is 16.4. The molecular weight excluding hydrogens is 319 g/mol. The highest BCUT2D eigenvalue weighted by Gasteiger charge is 2.15. The predicted octanol–water partition coefficient (Wildman–Crippen LogP) is 3.95. The Morgan fingerprint density at radius 2 is 1.96 bits per heavy atom. The van der Waals surface area contributed by atoms with E-state index in [0.29, 0.717) is 29.6 Å². The fourth-order valence-electron chi connectivity index (χ4n) is 2.49. The van der Waals surface area contributed by atoms with Crippen LogP contribution in [0.2, 0.25) is 0 Å². The van der Waals surface area contributed by atoms with Crippen molar-refractivity contribution in [1.29, 1.82) is 0 Å². The number of rotatable bonds is 5. The van der Waals surface area contributed by atoms with E-state index < -0.39 is 23.9 Å². The minimum atomic E-state index is -2.88. The van der Waals surface area contributed by atoms with Crippen LogP contribution in [-0.2, 0) is 6.54 Å². The second kappa shape index (κ2) is 6.60. The van der Waals surface area contributed by atoms with Gasteiger partial charge >= 0.3 is 0 Å². The van der Waals surface area contributed by atoms with Gasteiger partial charge in [0.25, 0.3) is 6.43 Å². The molecule has 2 heterocycles. The van der Waals surface area contributed by atoms with Gasteiger partial charge in [-0.3, -0.25) is 9.67 Å². The van der Waals surface area contributed by atoms with Crippen LogP contribution in [0.4, 0.5) is 13.2 Å². The van der Waals surface area contributed by atoms with Gasteiger partial charge < -0.3 is 5.11 Å². The minimum absolute atomic E-state index is 0.453. The monoisotopic (exact) mass is 335 g/mol. The van der Waals surface area contributed by atoms with Gasteiger partial charge in [0.05, 0.1) is 23.4 Å². The van der Waals surface area contributed by atoms with Gasteiger partial charge in [-0.25, -0.2) is 13.2 Å². The topological polar surface area (TPSA) is 50.9 Å². The molecule has 0 spiro atoms. The van der Waals surface area contributed by atoms with Gasteiger partial charge in [0.1, 0.15) is 11.3 Å². The average molecular weight is 335 g/mol. The average Bonchev–Trinajstić information content (AvgIpc) is 2.95. The molecule has 0 aliphatic heterocycles. The maximum atomic E-state index is 13.4. The van der Waals surface area contributed by atoms with E-state index >= 15 is 0 Å². The van der Waals surface area contributed by atoms with E-state index in [1.807, 2.05) is 0 Å². The Kier molecular flexibility index (Phi) is 4.53. The molecule has 1 unspecified atom stereocenters. The van der Waals surface area contributed by atoms with Crippen molar-refractivity contribution in [3.05, 3.63) is 48.0 Å². The number of nitrogens with zero attached hydrogens (tertiary/aromatic N) is 3. The summed E-state index contributed by atoms with van der Waals surface area (Å²) in [6.45, 7) is 2.21. The van der Waals surface area contributed by atoms with E-state index in [-0.39, 0.29) is 0 Å². The molecule has 1 N–H and O–H groups in total. The quantitative estimate of drug-likeness (QED) is 0.768. The van der Waals surface area contributed by atoms with Crippen LogP contribution in [0.1, 0.15) is 25.3 Å². The molecule has 1 atom stereocenters. The van der Waals surface area contributed by atoms with Gasteiger partial charge in [0, 0.05) is 18.3 Å². The number of aliphatic hydroxyl groups excluding tert-OH is 1. The lowest BCUT2D eigenvalue weighted by atomic mass is 10.0. The first-order valence-corrected chi connectivity index (χ1v) is 7.53. The van der Waals surface area contributed by atoms with Crippen LogP contribution in [0, 0.1) is 5.82 Å². The van der Waals surface area contributed by atoms with Gasteiger partial charge in [-0.15, -0.1) is 0 Å². The molecule has 0 saturated heterocycles. The van der Waals surface area contributed by atoms with Crippen molar-refractivity contribution < 1.29 is 18.3 Å². The van der Waals surface area contributed by atoms with Gasteiger partial charge in [-0.05, 0) is 37.1 Å². The summed E-state index contributed by atoms with van der Waals surface area (Å²) >= 11 is 0. The normalized spacial score (nSPS) is 12.9. The molecule has 0 bridgehead atoms. The molecule has 0 fully saturated rings. The number of benzene rings is 1. The van der Waals surface area contributed by atoms with Crippen molar-refractivity contribution in [2.75, 3.05) is 0 Å². The summed E-state index contributed by atoms with van der Waals surface area (Å²) in [5.74, 6) is -0.926. The Morgan fingerprint density at radius 3 is 2.67 bits per heavy atom. The zero-order valence-electron chi connectivity index (χ0n) is 13.0. The van der Waals surface area contributed by atoms with E-state index in [1.165, 1.54) is 6.07 Å². The van der Waals surface area contributed by atoms with Crippen LogP contribution >= 0.6 is 0 Å². The Hall–Kier alpha value is -2.41. The van der Waals surface area contributed by atoms with Crippen molar-refractivity contribution in [2.45, 2.75) is 32.4 Å². The Bertz CT molecular complexity index is 861. The maximum Gasteiger partial charge on any atom is 0.266 e. The summed E-state index contributed by atoms with van der Waals surface area (Å²) in [6.07, 6.45) is 0.360. The molecule has 3 aromatic rings. The van der Waals surface area contributed by atoms with Gasteiger partial charge in [-0.1, -0.05) is 6.07 Å². The van der Waals surface area contributed by atoms with Crippen LogP contribution in [-0.4, -0.2) is 26.0 Å². The lowest BCUT2D eigenvalue weighted by Crippen LogP contribution is -2.07. The van der Waals surface area contributed by atoms with Gasteiger partial charge in [-0.2, -0.15) is 5.10 Å². The third kappa shape index (κ3) is 3.26. The number of hydrogen-bond acceptors (Lipinski definition) is 3. The van der Waals surface area contributed by atoms with Crippen molar-refractivity contribution in [2.24, 2.45) is 0 Å². The minimum Gasteiger partial charge on any atom is -0.393 e. The van der Waals surface area contributed by atoms with E-state index in [2.05, 4.69) is 10.1 Å². The van der Waals surface area contributed by atoms with Crippen LogP contribution in [0.25, 0.3) is 22.2 Å². The lowest BCUT2D eigenvalue weighted by molar-refractivity contribution is 0.146. The first-order valence-electron chi connectivity index (χ1n) is 7.53. The highest BCUT2D eigenvalue weighted by atomic mass is 19.3. The molecular formula is C17H16F3N3O. The second-order valence-corrected chi connectivity index (χ2v) is 5.67. The van der Waals surface area contributed by atoms with Crippen molar-refractivity contribution in [3.8, 4) is 11.1 Å². The predicted molar refractivity (Wildman–Crippen MR) is 84.2 cm³/mol. The Morgan fingerprint density at radius 1 is 1.17 bits per heavy atom. The van der Waals surface area contributed by atoms with Crippen LogP contribution < -0.4 is 0 Å². The highest BCUT2D eigenvalue weighted by molar-refractivity contribution is 5.80. The molecule has 2 aromatic heterocycles. The lowest BCUT2D eigenvalue weighted by Gasteiger charge is -2.08. The number of alkyl halides is 2. The molecule has 0 amide bonds. The Balaban J connectivity index is 2.01. The van der Waals surface area contributed by atoms with E-state index in [1.54, 1.807) is 30.1 Å². The molecule has 3 rings (SSSR count). The highest BCUT2D eigenvalue weighted by Crippen LogP contribution is 2.29. The first-order chi connectivity index (χ1) is 11.5. The number of fused-ring (bicyclic) bond motifs is 1. The molecule has 4 nitrogen and oxygen atoms in total. The summed E-state index contributed by atoms with van der Waals surface area (Å²) in [4.78, 5) is 4.28. The molecule has 0 aliphatic rings. The van der Waals surface area contributed by atoms with Gasteiger partial charge in [0.15, 0.2) is 0 Å². The molecule has 0 aliphatic carbocycles. The molecule has 7 heteroatoms. The molecule has 24 heavy (non-hydrogen) atoms. The van der Waals surface area contributed by atoms with Crippen LogP contribution in [0.5, 0.6) is 0 Å². The number of aryl methyl sites for hydroxylation is 1. The third-order valence-electron chi connectivity index (χ3n) is 3.82. The van der Waals surface area contributed by atoms with Crippen molar-refractivity contribution in [3.63, 3.8) is 0 Å². The number of aromatic nitrogens is 3. The second-order valence-electron chi connectivity index (χ2n) is 5.67. The van der Waals surface area contributed by atoms with Crippen LogP contribution in [0.3, 0.4) is 0 Å². The smallest absolute Gasteiger partial charge is 0.266 e. The summed E-state index contributed by atoms with van der Waals surface area (Å²) in [5.41, 5.74) is 1.83.